The van der Waals surface area contributed by atoms with Gasteiger partial charge in [-0.1, -0.05) is 33.1 Å². The van der Waals surface area contributed by atoms with Crippen molar-refractivity contribution in [3.63, 3.8) is 0 Å². The summed E-state index contributed by atoms with van der Waals surface area (Å²) < 4.78 is 2.22. The van der Waals surface area contributed by atoms with E-state index in [0.29, 0.717) is 17.5 Å². The highest BCUT2D eigenvalue weighted by atomic mass is 15.3. The van der Waals surface area contributed by atoms with E-state index in [2.05, 4.69) is 36.1 Å². The third-order valence-corrected chi connectivity index (χ3v) is 5.15. The van der Waals surface area contributed by atoms with Gasteiger partial charge in [-0.25, -0.2) is 0 Å². The highest BCUT2D eigenvalue weighted by Gasteiger charge is 2.30. The van der Waals surface area contributed by atoms with Crippen LogP contribution in [0.4, 0.5) is 0 Å². The lowest BCUT2D eigenvalue weighted by atomic mass is 9.92. The summed E-state index contributed by atoms with van der Waals surface area (Å²) in [5.74, 6) is 0. The number of rotatable bonds is 4. The van der Waals surface area contributed by atoms with Gasteiger partial charge in [0.25, 0.3) is 0 Å². The largest absolute Gasteiger partial charge is 0.308 e. The average molecular weight is 275 g/mol. The molecular weight excluding hydrogens is 246 g/mol. The number of nitrogens with zero attached hydrogens (tertiary/aromatic N) is 2. The van der Waals surface area contributed by atoms with Crippen LogP contribution in [0.15, 0.2) is 12.3 Å². The van der Waals surface area contributed by atoms with Crippen LogP contribution in [0.2, 0.25) is 0 Å². The fourth-order valence-corrected chi connectivity index (χ4v) is 3.88. The Bertz CT molecular complexity index is 429. The summed E-state index contributed by atoms with van der Waals surface area (Å²) in [4.78, 5) is 0. The molecule has 20 heavy (non-hydrogen) atoms. The molecule has 1 aromatic rings. The summed E-state index contributed by atoms with van der Waals surface area (Å²) in [5.41, 5.74) is 1.74. The number of hydrogen-bond donors (Lipinski definition) is 1. The maximum absolute atomic E-state index is 4.79. The Morgan fingerprint density at radius 1 is 1.25 bits per heavy atom. The summed E-state index contributed by atoms with van der Waals surface area (Å²) in [6.45, 7) is 5.69. The molecule has 2 aliphatic rings. The molecule has 1 N–H and O–H groups in total. The van der Waals surface area contributed by atoms with Crippen molar-refractivity contribution >= 4 is 0 Å². The second kappa shape index (κ2) is 5.88. The molecule has 2 fully saturated rings. The van der Waals surface area contributed by atoms with Crippen LogP contribution in [-0.2, 0) is 6.54 Å². The molecule has 0 aliphatic heterocycles. The van der Waals surface area contributed by atoms with E-state index in [1.165, 1.54) is 57.1 Å². The maximum Gasteiger partial charge on any atom is 0.0762 e. The zero-order chi connectivity index (χ0) is 14.0. The molecule has 1 unspecified atom stereocenters. The molecule has 0 bridgehead atoms. The molecule has 2 saturated carbocycles. The third kappa shape index (κ3) is 3.43. The van der Waals surface area contributed by atoms with E-state index >= 15 is 0 Å². The van der Waals surface area contributed by atoms with Crippen LogP contribution in [-0.4, -0.2) is 15.8 Å². The Labute approximate surface area is 123 Å². The average Bonchev–Trinajstić information content (AvgIpc) is 3.04. The summed E-state index contributed by atoms with van der Waals surface area (Å²) in [7, 11) is 0. The molecule has 3 rings (SSSR count). The molecule has 0 aromatic carbocycles. The van der Waals surface area contributed by atoms with E-state index < -0.39 is 0 Å². The summed E-state index contributed by atoms with van der Waals surface area (Å²) in [5, 5.41) is 8.48. The van der Waals surface area contributed by atoms with Crippen LogP contribution in [0.5, 0.6) is 0 Å². The van der Waals surface area contributed by atoms with Crippen LogP contribution in [0.1, 0.15) is 76.9 Å². The fraction of sp³-hybridized carbons (Fsp3) is 0.824. The first-order valence-corrected chi connectivity index (χ1v) is 8.40. The van der Waals surface area contributed by atoms with Crippen LogP contribution >= 0.6 is 0 Å². The molecular formula is C17H29N3. The molecule has 112 valence electrons. The molecule has 0 saturated heterocycles. The van der Waals surface area contributed by atoms with Crippen LogP contribution < -0.4 is 5.32 Å². The molecule has 1 heterocycles. The third-order valence-electron chi connectivity index (χ3n) is 5.15. The smallest absolute Gasteiger partial charge is 0.0762 e. The predicted molar refractivity (Wildman–Crippen MR) is 82.6 cm³/mol. The van der Waals surface area contributed by atoms with Gasteiger partial charge in [0.15, 0.2) is 0 Å². The highest BCUT2D eigenvalue weighted by molar-refractivity contribution is 5.00. The Morgan fingerprint density at radius 2 is 2.05 bits per heavy atom. The number of nitrogens with one attached hydrogen (secondary N) is 1. The van der Waals surface area contributed by atoms with Crippen molar-refractivity contribution in [3.8, 4) is 0 Å². The maximum atomic E-state index is 4.79. The SMILES string of the molecule is CC1(C)CCC(NCc2ccn(C3CCCCC3)n2)C1. The van der Waals surface area contributed by atoms with Crippen LogP contribution in [0.3, 0.4) is 0 Å². The van der Waals surface area contributed by atoms with E-state index in [1.54, 1.807) is 0 Å². The number of aromatic nitrogens is 2. The Hall–Kier alpha value is -0.830. The van der Waals surface area contributed by atoms with Gasteiger partial charge in [-0.15, -0.1) is 0 Å². The quantitative estimate of drug-likeness (QED) is 0.898. The molecule has 1 atom stereocenters. The van der Waals surface area contributed by atoms with Crippen molar-refractivity contribution in [2.45, 2.75) is 83.8 Å². The van der Waals surface area contributed by atoms with Gasteiger partial charge in [0.1, 0.15) is 0 Å². The molecule has 3 heteroatoms. The Kier molecular flexibility index (Phi) is 4.16. The summed E-state index contributed by atoms with van der Waals surface area (Å²) >= 11 is 0. The molecule has 1 aromatic heterocycles. The summed E-state index contributed by atoms with van der Waals surface area (Å²) in [6, 6.07) is 3.54. The lowest BCUT2D eigenvalue weighted by molar-refractivity contribution is 0.327. The van der Waals surface area contributed by atoms with Crippen molar-refractivity contribution in [1.82, 2.24) is 15.1 Å². The minimum absolute atomic E-state index is 0.527. The van der Waals surface area contributed by atoms with Gasteiger partial charge in [-0.2, -0.15) is 5.10 Å². The number of hydrogen-bond acceptors (Lipinski definition) is 2. The van der Waals surface area contributed by atoms with Gasteiger partial charge >= 0.3 is 0 Å². The minimum Gasteiger partial charge on any atom is -0.308 e. The zero-order valence-electron chi connectivity index (χ0n) is 13.1. The molecule has 3 nitrogen and oxygen atoms in total. The van der Waals surface area contributed by atoms with Crippen molar-refractivity contribution < 1.29 is 0 Å². The first kappa shape index (κ1) is 14.1. The fourth-order valence-electron chi connectivity index (χ4n) is 3.88. The normalized spacial score (nSPS) is 27.0. The highest BCUT2D eigenvalue weighted by Crippen LogP contribution is 2.37. The van der Waals surface area contributed by atoms with Gasteiger partial charge < -0.3 is 5.32 Å². The van der Waals surface area contributed by atoms with E-state index in [0.717, 1.165) is 6.54 Å². The topological polar surface area (TPSA) is 29.9 Å². The lowest BCUT2D eigenvalue weighted by Gasteiger charge is -2.21. The van der Waals surface area contributed by atoms with Gasteiger partial charge in [0, 0.05) is 18.8 Å². The Balaban J connectivity index is 1.50. The van der Waals surface area contributed by atoms with Gasteiger partial charge in [-0.3, -0.25) is 4.68 Å². The van der Waals surface area contributed by atoms with Crippen LogP contribution in [0.25, 0.3) is 0 Å². The van der Waals surface area contributed by atoms with E-state index in [9.17, 15) is 0 Å². The van der Waals surface area contributed by atoms with Gasteiger partial charge in [0.05, 0.1) is 11.7 Å². The zero-order valence-corrected chi connectivity index (χ0v) is 13.1. The van der Waals surface area contributed by atoms with Gasteiger partial charge in [-0.05, 0) is 43.6 Å². The summed E-state index contributed by atoms with van der Waals surface area (Å²) in [6.07, 6.45) is 12.9. The molecule has 0 amide bonds. The van der Waals surface area contributed by atoms with E-state index in [-0.39, 0.29) is 0 Å². The van der Waals surface area contributed by atoms with Crippen molar-refractivity contribution in [2.75, 3.05) is 0 Å². The monoisotopic (exact) mass is 275 g/mol. The lowest BCUT2D eigenvalue weighted by Crippen LogP contribution is -2.27. The first-order valence-electron chi connectivity index (χ1n) is 8.40. The minimum atomic E-state index is 0.527. The van der Waals surface area contributed by atoms with Crippen LogP contribution in [0, 0.1) is 5.41 Å². The predicted octanol–water partition coefficient (Wildman–Crippen LogP) is 4.06. The van der Waals surface area contributed by atoms with E-state index in [1.807, 2.05) is 0 Å². The molecule has 0 radical (unpaired) electrons. The van der Waals surface area contributed by atoms with Crippen molar-refractivity contribution in [3.05, 3.63) is 18.0 Å². The van der Waals surface area contributed by atoms with Crippen molar-refractivity contribution in [2.24, 2.45) is 5.41 Å². The standard InChI is InChI=1S/C17H29N3/c1-17(2)10-8-14(12-17)18-13-15-9-11-20(19-15)16-6-4-3-5-7-16/h9,11,14,16,18H,3-8,10,12-13H2,1-2H3. The first-order chi connectivity index (χ1) is 9.62. The molecule has 0 spiro atoms. The Morgan fingerprint density at radius 3 is 2.75 bits per heavy atom. The second-order valence-electron chi connectivity index (χ2n) is 7.56. The van der Waals surface area contributed by atoms with Crippen molar-refractivity contribution in [1.29, 1.82) is 0 Å². The van der Waals surface area contributed by atoms with Gasteiger partial charge in [0.2, 0.25) is 0 Å². The molecule has 2 aliphatic carbocycles. The second-order valence-corrected chi connectivity index (χ2v) is 7.56. The van der Waals surface area contributed by atoms with E-state index in [4.69, 9.17) is 5.10 Å².